The number of rotatable bonds is 18. The van der Waals surface area contributed by atoms with Crippen molar-refractivity contribution in [2.24, 2.45) is 58.2 Å². The Balaban J connectivity index is 1.23. The lowest BCUT2D eigenvalue weighted by molar-refractivity contribution is -0.135. The van der Waals surface area contributed by atoms with Crippen molar-refractivity contribution in [2.45, 2.75) is 164 Å². The summed E-state index contributed by atoms with van der Waals surface area (Å²) in [5, 5.41) is 20.4. The zero-order valence-electron chi connectivity index (χ0n) is 38.8. The van der Waals surface area contributed by atoms with Gasteiger partial charge >= 0.3 is 23.9 Å². The first-order chi connectivity index (χ1) is 29.9. The fourth-order valence-electron chi connectivity index (χ4n) is 13.3. The Morgan fingerprint density at radius 3 is 1.84 bits per heavy atom. The highest BCUT2D eigenvalue weighted by Gasteiger charge is 2.60. The van der Waals surface area contributed by atoms with Crippen LogP contribution in [0.1, 0.15) is 196 Å². The van der Waals surface area contributed by atoms with E-state index in [2.05, 4.69) is 34.6 Å². The third-order valence-electron chi connectivity index (χ3n) is 16.4. The molecule has 0 spiro atoms. The number of benzene rings is 2. The highest BCUT2D eigenvalue weighted by Crippen LogP contribution is 2.69. The molecule has 0 bridgehead atoms. The topological polar surface area (TPSA) is 127 Å². The molecule has 4 fully saturated rings. The SMILES string of the molecule is CCCC(=O)Oc1c(Cl)cc(C(=CCC[C@H]2CC[C@@]3(C)[C@@H](CC[C@@H]4[C@@H]3CC[C@]3(C)[C@@H]([C@H](C)CCCC(C)C)CC[C@@H]43)C2)c2cc(Cl)c(OC(=O)CCC)c(C(=O)O)c2)cc1C(=O)O. The molecule has 2 aromatic carbocycles. The molecule has 2 aromatic rings. The van der Waals surface area contributed by atoms with Crippen molar-refractivity contribution in [1.29, 1.82) is 0 Å². The molecule has 4 aliphatic carbocycles. The van der Waals surface area contributed by atoms with E-state index in [1.807, 2.05) is 19.9 Å². The Labute approximate surface area is 386 Å². The van der Waals surface area contributed by atoms with Crippen LogP contribution in [0.15, 0.2) is 30.3 Å². The maximum Gasteiger partial charge on any atom is 0.339 e. The van der Waals surface area contributed by atoms with Crippen molar-refractivity contribution < 1.29 is 38.9 Å². The van der Waals surface area contributed by atoms with Crippen LogP contribution in [-0.2, 0) is 9.59 Å². The van der Waals surface area contributed by atoms with Gasteiger partial charge in [-0.3, -0.25) is 9.59 Å². The van der Waals surface area contributed by atoms with E-state index < -0.39 is 23.9 Å². The van der Waals surface area contributed by atoms with E-state index in [4.69, 9.17) is 32.7 Å². The van der Waals surface area contributed by atoms with Crippen LogP contribution in [0.4, 0.5) is 0 Å². The van der Waals surface area contributed by atoms with Crippen LogP contribution in [0.3, 0.4) is 0 Å². The largest absolute Gasteiger partial charge is 0.478 e. The Bertz CT molecular complexity index is 1950. The van der Waals surface area contributed by atoms with Gasteiger partial charge in [0, 0.05) is 12.8 Å². The summed E-state index contributed by atoms with van der Waals surface area (Å²) in [6.07, 6.45) is 20.7. The summed E-state index contributed by atoms with van der Waals surface area (Å²) in [4.78, 5) is 50.2. The maximum absolute atomic E-state index is 12.6. The predicted molar refractivity (Wildman–Crippen MR) is 251 cm³/mol. The van der Waals surface area contributed by atoms with Crippen molar-refractivity contribution in [2.75, 3.05) is 0 Å². The van der Waals surface area contributed by atoms with E-state index in [0.717, 1.165) is 48.3 Å². The number of aromatic carboxylic acids is 2. The van der Waals surface area contributed by atoms with E-state index in [0.29, 0.717) is 58.6 Å². The zero-order chi connectivity index (χ0) is 45.8. The quantitative estimate of drug-likeness (QED) is 0.112. The van der Waals surface area contributed by atoms with Crippen molar-refractivity contribution in [3.8, 4) is 11.5 Å². The fraction of sp³-hybridized carbons (Fsp3) is 0.660. The maximum atomic E-state index is 12.6. The van der Waals surface area contributed by atoms with Crippen molar-refractivity contribution in [1.82, 2.24) is 0 Å². The van der Waals surface area contributed by atoms with Gasteiger partial charge in [0.2, 0.25) is 0 Å². The fourth-order valence-corrected chi connectivity index (χ4v) is 13.8. The van der Waals surface area contributed by atoms with Gasteiger partial charge in [0.05, 0.1) is 10.0 Å². The molecule has 0 amide bonds. The summed E-state index contributed by atoms with van der Waals surface area (Å²) in [6, 6.07) is 5.88. The van der Waals surface area contributed by atoms with E-state index in [1.54, 1.807) is 0 Å². The van der Waals surface area contributed by atoms with Crippen LogP contribution in [0.5, 0.6) is 11.5 Å². The standard InChI is InChI=1S/C53H72Cl2O8/c1-8-12-46(56)62-48-39(50(58)59)27-34(29-44(48)54)37(35-28-40(51(60)61)49(45(55)30-35)63-47(57)13-9-2)17-11-16-33-22-24-52(6)36(26-33)18-19-38-42-21-20-41(32(5)15-10-14-31(3)4)53(42,7)25-23-43(38)52/h17,27-33,36,38,41-43H,8-16,18-26H2,1-7H3,(H,58,59)(H,60,61)/t32-,33+,36+,38+,41-,42+,43+,52+,53-/m1/s1. The molecule has 4 saturated carbocycles. The first kappa shape index (κ1) is 49.1. The lowest BCUT2D eigenvalue weighted by Gasteiger charge is -2.61. The normalized spacial score (nSPS) is 28.0. The summed E-state index contributed by atoms with van der Waals surface area (Å²) in [7, 11) is 0. The third kappa shape index (κ3) is 10.7. The average molecular weight is 908 g/mol. The van der Waals surface area contributed by atoms with Crippen molar-refractivity contribution in [3.05, 3.63) is 62.6 Å². The molecule has 10 heteroatoms. The number of halogens is 2. The number of fused-ring (bicyclic) bond motifs is 5. The van der Waals surface area contributed by atoms with Crippen LogP contribution >= 0.6 is 23.2 Å². The number of esters is 2. The van der Waals surface area contributed by atoms with Gasteiger partial charge in [-0.1, -0.05) is 97.0 Å². The average Bonchev–Trinajstić information content (AvgIpc) is 3.58. The molecule has 0 aliphatic heterocycles. The number of carbonyl (C=O) groups is 4. The number of carboxylic acid groups (broad SMARTS) is 2. The highest BCUT2D eigenvalue weighted by molar-refractivity contribution is 6.33. The second-order valence-electron chi connectivity index (χ2n) is 20.8. The third-order valence-corrected chi connectivity index (χ3v) is 17.0. The van der Waals surface area contributed by atoms with Gasteiger partial charge in [-0.2, -0.15) is 0 Å². The van der Waals surface area contributed by atoms with Crippen LogP contribution in [0.25, 0.3) is 5.57 Å². The second kappa shape index (κ2) is 20.9. The molecule has 9 atom stereocenters. The Morgan fingerprint density at radius 2 is 1.30 bits per heavy atom. The number of allylic oxidation sites excluding steroid dienone is 1. The van der Waals surface area contributed by atoms with E-state index in [1.165, 1.54) is 94.9 Å². The molecule has 8 nitrogen and oxygen atoms in total. The lowest BCUT2D eigenvalue weighted by atomic mass is 9.44. The van der Waals surface area contributed by atoms with Crippen LogP contribution in [0.2, 0.25) is 10.0 Å². The molecular weight excluding hydrogens is 835 g/mol. The predicted octanol–water partition coefficient (Wildman–Crippen LogP) is 14.8. The number of hydrogen-bond donors (Lipinski definition) is 2. The Kier molecular flexibility index (Phi) is 16.3. The zero-order valence-corrected chi connectivity index (χ0v) is 40.3. The summed E-state index contributed by atoms with van der Waals surface area (Å²) >= 11 is 13.4. The smallest absolute Gasteiger partial charge is 0.339 e. The minimum atomic E-state index is -1.33. The van der Waals surface area contributed by atoms with E-state index in [-0.39, 0.29) is 45.5 Å². The molecule has 0 heterocycles. The summed E-state index contributed by atoms with van der Waals surface area (Å²) < 4.78 is 10.9. The molecule has 4 aliphatic rings. The van der Waals surface area contributed by atoms with E-state index in [9.17, 15) is 29.4 Å². The molecule has 2 N–H and O–H groups in total. The van der Waals surface area contributed by atoms with Gasteiger partial charge in [0.1, 0.15) is 11.1 Å². The van der Waals surface area contributed by atoms with Crippen LogP contribution in [0, 0.1) is 58.2 Å². The summed E-state index contributed by atoms with van der Waals surface area (Å²) in [6.45, 7) is 16.2. The molecule has 0 unspecified atom stereocenters. The minimum absolute atomic E-state index is 0.0654. The first-order valence-electron chi connectivity index (χ1n) is 24.2. The van der Waals surface area contributed by atoms with Crippen molar-refractivity contribution >= 4 is 52.7 Å². The monoisotopic (exact) mass is 906 g/mol. The van der Waals surface area contributed by atoms with Gasteiger partial charge in [-0.05, 0) is 183 Å². The number of ether oxygens (including phenoxy) is 2. The second-order valence-corrected chi connectivity index (χ2v) is 21.6. The first-order valence-corrected chi connectivity index (χ1v) is 24.9. The summed E-state index contributed by atoms with van der Waals surface area (Å²) in [5.74, 6) is 1.81. The minimum Gasteiger partial charge on any atom is -0.478 e. The Hall–Kier alpha value is -3.36. The van der Waals surface area contributed by atoms with Crippen LogP contribution in [-0.4, -0.2) is 34.1 Å². The van der Waals surface area contributed by atoms with Gasteiger partial charge in [-0.25, -0.2) is 9.59 Å². The van der Waals surface area contributed by atoms with Gasteiger partial charge in [-0.15, -0.1) is 0 Å². The Morgan fingerprint density at radius 1 is 0.746 bits per heavy atom. The summed E-state index contributed by atoms with van der Waals surface area (Å²) in [5.41, 5.74) is 1.57. The number of carboxylic acids is 2. The number of carbonyl (C=O) groups excluding carboxylic acids is 2. The lowest BCUT2D eigenvalue weighted by Crippen LogP contribution is -2.53. The molecule has 0 saturated heterocycles. The van der Waals surface area contributed by atoms with Crippen LogP contribution < -0.4 is 9.47 Å². The highest BCUT2D eigenvalue weighted by atomic mass is 35.5. The van der Waals surface area contributed by atoms with Gasteiger partial charge in [0.25, 0.3) is 0 Å². The number of hydrogen-bond acceptors (Lipinski definition) is 6. The van der Waals surface area contributed by atoms with Gasteiger partial charge in [0.15, 0.2) is 11.5 Å². The molecule has 6 rings (SSSR count). The molecule has 63 heavy (non-hydrogen) atoms. The van der Waals surface area contributed by atoms with Crippen molar-refractivity contribution in [3.63, 3.8) is 0 Å². The molecule has 0 radical (unpaired) electrons. The molecular formula is C53H72Cl2O8. The van der Waals surface area contributed by atoms with E-state index >= 15 is 0 Å². The molecule has 0 aromatic heterocycles. The molecule has 346 valence electrons. The van der Waals surface area contributed by atoms with Gasteiger partial charge < -0.3 is 19.7 Å².